The number of carboxylic acid groups (broad SMARTS) is 1. The van der Waals surface area contributed by atoms with Gasteiger partial charge in [-0.2, -0.15) is 24.4 Å². The highest BCUT2D eigenvalue weighted by Crippen LogP contribution is 2.04. The molecule has 0 rings (SSSR count). The van der Waals surface area contributed by atoms with E-state index in [-0.39, 0.29) is 24.7 Å². The van der Waals surface area contributed by atoms with Gasteiger partial charge in [0.2, 0.25) is 17.7 Å². The Morgan fingerprint density at radius 2 is 1.61 bits per heavy atom. The van der Waals surface area contributed by atoms with Crippen LogP contribution in [0, 0.1) is 0 Å². The Balaban J connectivity index is 5.17. The molecule has 0 bridgehead atoms. The van der Waals surface area contributed by atoms with Crippen LogP contribution in [0.5, 0.6) is 0 Å². The highest BCUT2D eigenvalue weighted by Gasteiger charge is 2.28. The summed E-state index contributed by atoms with van der Waals surface area (Å²) in [5.41, 5.74) is 16.4. The molecule has 0 spiro atoms. The summed E-state index contributed by atoms with van der Waals surface area (Å²) in [7, 11) is 0. The maximum atomic E-state index is 12.8. The molecule has 31 heavy (non-hydrogen) atoms. The minimum Gasteiger partial charge on any atom is -0.480 e. The van der Waals surface area contributed by atoms with Crippen LogP contribution in [0.3, 0.4) is 0 Å². The number of nitrogens with one attached hydrogen (secondary N) is 3. The Morgan fingerprint density at radius 3 is 2.13 bits per heavy atom. The molecule has 4 unspecified atom stereocenters. The number of hydrogen-bond acceptors (Lipinski definition) is 8. The molecular weight excluding hydrogens is 446 g/mol. The van der Waals surface area contributed by atoms with Crippen molar-refractivity contribution in [2.75, 3.05) is 24.3 Å². The van der Waals surface area contributed by atoms with Gasteiger partial charge in [0.05, 0.1) is 6.04 Å². The zero-order chi connectivity index (χ0) is 24.0. The predicted octanol–water partition coefficient (Wildman–Crippen LogP) is -2.39. The van der Waals surface area contributed by atoms with Crippen molar-refractivity contribution in [1.29, 1.82) is 0 Å². The van der Waals surface area contributed by atoms with Crippen LogP contribution in [-0.4, -0.2) is 83.2 Å². The van der Waals surface area contributed by atoms with Crippen LogP contribution in [0.2, 0.25) is 0 Å². The molecule has 178 valence electrons. The lowest BCUT2D eigenvalue weighted by Crippen LogP contribution is -2.57. The van der Waals surface area contributed by atoms with Gasteiger partial charge in [-0.3, -0.25) is 24.2 Å². The van der Waals surface area contributed by atoms with Crippen LogP contribution < -0.4 is 33.2 Å². The number of hydrogen-bond donors (Lipinski definition) is 8. The fourth-order valence-corrected chi connectivity index (χ4v) is 3.02. The first kappa shape index (κ1) is 28.8. The van der Waals surface area contributed by atoms with E-state index in [1.54, 1.807) is 11.8 Å². The number of nitrogens with two attached hydrogens (primary N) is 3. The van der Waals surface area contributed by atoms with E-state index in [0.29, 0.717) is 18.6 Å². The number of carboxylic acids is 1. The third-order valence-corrected chi connectivity index (χ3v) is 5.10. The summed E-state index contributed by atoms with van der Waals surface area (Å²) in [4.78, 5) is 52.1. The first-order valence-corrected chi connectivity index (χ1v) is 11.6. The average molecular weight is 480 g/mol. The third-order valence-electron chi connectivity index (χ3n) is 4.09. The Hall–Kier alpha value is -2.19. The van der Waals surface area contributed by atoms with E-state index < -0.39 is 47.9 Å². The zero-order valence-corrected chi connectivity index (χ0v) is 19.4. The molecule has 0 aliphatic rings. The number of aliphatic carboxylic acids is 1. The molecule has 0 fully saturated rings. The largest absolute Gasteiger partial charge is 0.480 e. The second-order valence-corrected chi connectivity index (χ2v) is 8.06. The van der Waals surface area contributed by atoms with Crippen LogP contribution in [0.1, 0.15) is 26.2 Å². The zero-order valence-electron chi connectivity index (χ0n) is 17.7. The van der Waals surface area contributed by atoms with Gasteiger partial charge in [0.1, 0.15) is 18.1 Å². The minimum absolute atomic E-state index is 0.0776. The molecule has 0 aromatic heterocycles. The Bertz CT molecular complexity index is 646. The minimum atomic E-state index is -1.22. The van der Waals surface area contributed by atoms with Gasteiger partial charge in [-0.05, 0) is 38.2 Å². The van der Waals surface area contributed by atoms with E-state index in [9.17, 15) is 19.2 Å². The molecule has 4 atom stereocenters. The Labute approximate surface area is 191 Å². The van der Waals surface area contributed by atoms with Crippen molar-refractivity contribution in [1.82, 2.24) is 16.0 Å². The average Bonchev–Trinajstić information content (AvgIpc) is 2.71. The molecular formula is C17H33N7O5S2. The van der Waals surface area contributed by atoms with Crippen LogP contribution in [0.15, 0.2) is 4.99 Å². The van der Waals surface area contributed by atoms with Gasteiger partial charge in [0.15, 0.2) is 5.96 Å². The lowest BCUT2D eigenvalue weighted by molar-refractivity contribution is -0.141. The smallest absolute Gasteiger partial charge is 0.325 e. The van der Waals surface area contributed by atoms with Crippen LogP contribution in [0.4, 0.5) is 0 Å². The normalized spacial score (nSPS) is 14.5. The SMILES string of the molecule is CSCCC(N)C(=O)NC(CCCN=C(N)N)C(=O)NC(CS)C(=O)NC(C)C(=O)O. The molecule has 0 saturated heterocycles. The van der Waals surface area contributed by atoms with Crippen LogP contribution in [-0.2, 0) is 19.2 Å². The van der Waals surface area contributed by atoms with E-state index in [1.165, 1.54) is 6.92 Å². The van der Waals surface area contributed by atoms with Gasteiger partial charge in [0.25, 0.3) is 0 Å². The number of aliphatic imine (C=N–C) groups is 1. The van der Waals surface area contributed by atoms with E-state index in [4.69, 9.17) is 22.3 Å². The van der Waals surface area contributed by atoms with Crippen molar-refractivity contribution in [2.24, 2.45) is 22.2 Å². The van der Waals surface area contributed by atoms with Gasteiger partial charge < -0.3 is 38.3 Å². The quantitative estimate of drug-likeness (QED) is 0.0543. The monoisotopic (exact) mass is 479 g/mol. The van der Waals surface area contributed by atoms with Crippen LogP contribution >= 0.6 is 24.4 Å². The van der Waals surface area contributed by atoms with Gasteiger partial charge in [-0.15, -0.1) is 0 Å². The molecule has 0 aromatic rings. The second-order valence-electron chi connectivity index (χ2n) is 6.71. The number of nitrogens with zero attached hydrogens (tertiary/aromatic N) is 1. The lowest BCUT2D eigenvalue weighted by atomic mass is 10.1. The number of rotatable bonds is 15. The highest BCUT2D eigenvalue weighted by molar-refractivity contribution is 7.98. The van der Waals surface area contributed by atoms with E-state index >= 15 is 0 Å². The summed E-state index contributed by atoms with van der Waals surface area (Å²) in [6, 6.07) is -4.02. The summed E-state index contributed by atoms with van der Waals surface area (Å²) >= 11 is 5.58. The summed E-state index contributed by atoms with van der Waals surface area (Å²) in [6.07, 6.45) is 2.89. The summed E-state index contributed by atoms with van der Waals surface area (Å²) in [6.45, 7) is 1.54. The van der Waals surface area contributed by atoms with Crippen molar-refractivity contribution in [3.8, 4) is 0 Å². The first-order chi connectivity index (χ1) is 14.5. The number of carbonyl (C=O) groups excluding carboxylic acids is 3. The van der Waals surface area contributed by atoms with Gasteiger partial charge in [-0.25, -0.2) is 0 Å². The maximum absolute atomic E-state index is 12.8. The molecule has 0 radical (unpaired) electrons. The van der Waals surface area contributed by atoms with E-state index in [2.05, 4.69) is 33.6 Å². The molecule has 0 heterocycles. The first-order valence-electron chi connectivity index (χ1n) is 9.58. The molecule has 14 heteroatoms. The predicted molar refractivity (Wildman–Crippen MR) is 124 cm³/mol. The molecule has 0 aromatic carbocycles. The molecule has 0 aliphatic heterocycles. The number of thioether (sulfide) groups is 1. The molecule has 0 aliphatic carbocycles. The standard InChI is InChI=1S/C17H33N7O5S2/c1-9(16(28)29)22-15(27)12(8-30)24-14(26)11(4-3-6-21-17(19)20)23-13(25)10(18)5-7-31-2/h9-12,30H,3-8,18H2,1-2H3,(H,22,27)(H,23,25)(H,24,26)(H,28,29)(H4,19,20,21). The number of guanidine groups is 1. The van der Waals surface area contributed by atoms with Crippen molar-refractivity contribution < 1.29 is 24.3 Å². The Morgan fingerprint density at radius 1 is 1.03 bits per heavy atom. The summed E-state index contributed by atoms with van der Waals surface area (Å²) in [5.74, 6) is -2.55. The fourth-order valence-electron chi connectivity index (χ4n) is 2.27. The van der Waals surface area contributed by atoms with Crippen molar-refractivity contribution in [2.45, 2.75) is 50.4 Å². The molecule has 10 N–H and O–H groups in total. The van der Waals surface area contributed by atoms with Gasteiger partial charge in [0, 0.05) is 12.3 Å². The maximum Gasteiger partial charge on any atom is 0.325 e. The molecule has 12 nitrogen and oxygen atoms in total. The van der Waals surface area contributed by atoms with Crippen molar-refractivity contribution in [3.63, 3.8) is 0 Å². The third kappa shape index (κ3) is 12.3. The second kappa shape index (κ2) is 15.6. The number of carbonyl (C=O) groups is 4. The summed E-state index contributed by atoms with van der Waals surface area (Å²) < 4.78 is 0. The van der Waals surface area contributed by atoms with Crippen LogP contribution in [0.25, 0.3) is 0 Å². The van der Waals surface area contributed by atoms with Crippen molar-refractivity contribution >= 4 is 54.0 Å². The summed E-state index contributed by atoms with van der Waals surface area (Å²) in [5, 5.41) is 16.3. The topological polar surface area (TPSA) is 215 Å². The van der Waals surface area contributed by atoms with Crippen molar-refractivity contribution in [3.05, 3.63) is 0 Å². The number of thiol groups is 1. The lowest BCUT2D eigenvalue weighted by Gasteiger charge is -2.24. The van der Waals surface area contributed by atoms with Gasteiger partial charge in [-0.1, -0.05) is 0 Å². The molecule has 0 saturated carbocycles. The highest BCUT2D eigenvalue weighted by atomic mass is 32.2. The Kier molecular flexibility index (Phi) is 14.5. The number of amides is 3. The van der Waals surface area contributed by atoms with E-state index in [1.807, 2.05) is 6.26 Å². The van der Waals surface area contributed by atoms with E-state index in [0.717, 1.165) is 0 Å². The molecule has 3 amide bonds. The van der Waals surface area contributed by atoms with Gasteiger partial charge >= 0.3 is 5.97 Å². The fraction of sp³-hybridized carbons (Fsp3) is 0.706.